The van der Waals surface area contributed by atoms with Crippen LogP contribution in [0.1, 0.15) is 30.4 Å². The molecule has 2 aromatic carbocycles. The van der Waals surface area contributed by atoms with Crippen LogP contribution >= 0.6 is 58.0 Å². The van der Waals surface area contributed by atoms with Gasteiger partial charge in [0.1, 0.15) is 21.2 Å². The van der Waals surface area contributed by atoms with Crippen molar-refractivity contribution in [1.82, 2.24) is 0 Å². The minimum atomic E-state index is -1.21. The molecular formula is C22H17Cl5O3. The minimum absolute atomic E-state index is 0.275. The number of esters is 1. The third-order valence-electron chi connectivity index (χ3n) is 5.84. The number of fused-ring (bicyclic) bond motifs is 1. The molecule has 1 fully saturated rings. The molecule has 0 aliphatic heterocycles. The predicted molar refractivity (Wildman–Crippen MR) is 122 cm³/mol. The number of alkyl halides is 3. The van der Waals surface area contributed by atoms with E-state index >= 15 is 0 Å². The summed E-state index contributed by atoms with van der Waals surface area (Å²) in [6, 6.07) is 14.7. The second kappa shape index (κ2) is 7.50. The molecule has 4 rings (SSSR count). The second-order valence-corrected chi connectivity index (χ2v) is 10.1. The SMILES string of the molecule is COc1ccc(C(c2ccc(OC(C)=O)cc2)C2(Cl)CC3(Cl)C(Cl)=C(Cl)C32Cl)cc1. The number of carbonyl (C=O) groups excluding carboxylic acids is 1. The average Bonchev–Trinajstić information content (AvgIpc) is 2.73. The summed E-state index contributed by atoms with van der Waals surface area (Å²) in [4.78, 5) is 8.02. The van der Waals surface area contributed by atoms with Crippen molar-refractivity contribution in [3.8, 4) is 11.5 Å². The Morgan fingerprint density at radius 1 is 0.900 bits per heavy atom. The summed E-state index contributed by atoms with van der Waals surface area (Å²) in [5.41, 5.74) is 1.79. The average molecular weight is 507 g/mol. The number of ether oxygens (including phenoxy) is 2. The molecular weight excluding hydrogens is 490 g/mol. The summed E-state index contributed by atoms with van der Waals surface area (Å²) < 4.78 is 10.4. The van der Waals surface area contributed by atoms with Crippen molar-refractivity contribution in [2.45, 2.75) is 33.9 Å². The molecule has 2 aliphatic carbocycles. The quantitative estimate of drug-likeness (QED) is 0.254. The number of hydrogen-bond acceptors (Lipinski definition) is 3. The number of rotatable bonds is 5. The maximum absolute atomic E-state index is 11.2. The van der Waals surface area contributed by atoms with E-state index in [-0.39, 0.29) is 11.0 Å². The van der Waals surface area contributed by atoms with Gasteiger partial charge >= 0.3 is 5.97 Å². The highest BCUT2D eigenvalue weighted by Crippen LogP contribution is 2.79. The molecule has 0 N–H and O–H groups in total. The van der Waals surface area contributed by atoms with Crippen LogP contribution in [0.25, 0.3) is 0 Å². The fourth-order valence-electron chi connectivity index (χ4n) is 4.38. The van der Waals surface area contributed by atoms with E-state index in [1.165, 1.54) is 6.92 Å². The Hall–Kier alpha value is -1.10. The zero-order chi connectivity index (χ0) is 21.9. The molecule has 0 saturated heterocycles. The summed E-state index contributed by atoms with van der Waals surface area (Å²) >= 11 is 33.6. The third kappa shape index (κ3) is 2.90. The molecule has 0 aromatic heterocycles. The highest BCUT2D eigenvalue weighted by molar-refractivity contribution is 6.60. The summed E-state index contributed by atoms with van der Waals surface area (Å²) in [7, 11) is 1.60. The van der Waals surface area contributed by atoms with Crippen LogP contribution in [0.3, 0.4) is 0 Å². The Bertz CT molecular complexity index is 1040. The van der Waals surface area contributed by atoms with Gasteiger partial charge in [-0.2, -0.15) is 0 Å². The molecule has 0 heterocycles. The first kappa shape index (κ1) is 22.1. The van der Waals surface area contributed by atoms with Gasteiger partial charge in [-0.05, 0) is 41.8 Å². The normalized spacial score (nSPS) is 30.6. The highest BCUT2D eigenvalue weighted by atomic mass is 35.5. The van der Waals surface area contributed by atoms with E-state index in [2.05, 4.69) is 0 Å². The first-order chi connectivity index (χ1) is 14.1. The van der Waals surface area contributed by atoms with Crippen molar-refractivity contribution >= 4 is 64.0 Å². The molecule has 4 unspecified atom stereocenters. The van der Waals surface area contributed by atoms with E-state index in [1.807, 2.05) is 36.4 Å². The molecule has 0 radical (unpaired) electrons. The van der Waals surface area contributed by atoms with Crippen LogP contribution in [-0.4, -0.2) is 27.7 Å². The van der Waals surface area contributed by atoms with E-state index < -0.39 is 20.6 Å². The summed E-state index contributed by atoms with van der Waals surface area (Å²) in [5, 5.41) is 0.618. The Labute approximate surface area is 199 Å². The van der Waals surface area contributed by atoms with Gasteiger partial charge in [-0.25, -0.2) is 0 Å². The molecule has 2 aliphatic rings. The number of methoxy groups -OCH3 is 1. The Morgan fingerprint density at radius 2 is 1.40 bits per heavy atom. The molecule has 30 heavy (non-hydrogen) atoms. The van der Waals surface area contributed by atoms with E-state index in [0.29, 0.717) is 17.2 Å². The van der Waals surface area contributed by atoms with Crippen LogP contribution in [0.15, 0.2) is 58.6 Å². The molecule has 1 saturated carbocycles. The predicted octanol–water partition coefficient (Wildman–Crippen LogP) is 6.79. The lowest BCUT2D eigenvalue weighted by Gasteiger charge is -2.70. The van der Waals surface area contributed by atoms with Crippen LogP contribution in [0, 0.1) is 0 Å². The van der Waals surface area contributed by atoms with Gasteiger partial charge in [0, 0.05) is 12.8 Å². The van der Waals surface area contributed by atoms with E-state index in [9.17, 15) is 4.79 Å². The molecule has 0 spiro atoms. The van der Waals surface area contributed by atoms with Crippen LogP contribution in [0.2, 0.25) is 0 Å². The maximum atomic E-state index is 11.2. The van der Waals surface area contributed by atoms with Gasteiger partial charge in [-0.3, -0.25) is 4.79 Å². The van der Waals surface area contributed by atoms with Crippen molar-refractivity contribution < 1.29 is 14.3 Å². The fourth-order valence-corrected chi connectivity index (χ4v) is 7.29. The molecule has 4 atom stereocenters. The third-order valence-corrected chi connectivity index (χ3v) is 9.40. The number of hydrogen-bond donors (Lipinski definition) is 0. The lowest BCUT2D eigenvalue weighted by molar-refractivity contribution is -0.131. The van der Waals surface area contributed by atoms with Gasteiger partial charge in [-0.1, -0.05) is 47.5 Å². The Morgan fingerprint density at radius 3 is 1.83 bits per heavy atom. The van der Waals surface area contributed by atoms with Crippen LogP contribution in [0.5, 0.6) is 11.5 Å². The van der Waals surface area contributed by atoms with Crippen LogP contribution in [-0.2, 0) is 4.79 Å². The monoisotopic (exact) mass is 504 g/mol. The standard InChI is InChI=1S/C22H17Cl5O3/c1-12(28)30-16-9-5-14(6-10-16)17(13-3-7-15(29-2)8-4-13)20(25)11-21(26)18(23)19(24)22(20,21)27/h3-10,17H,11H2,1-2H3. The number of allylic oxidation sites excluding steroid dienone is 2. The van der Waals surface area contributed by atoms with Gasteiger partial charge in [0.25, 0.3) is 0 Å². The van der Waals surface area contributed by atoms with Crippen molar-refractivity contribution in [1.29, 1.82) is 0 Å². The fraction of sp³-hybridized carbons (Fsp3) is 0.318. The van der Waals surface area contributed by atoms with Crippen LogP contribution < -0.4 is 9.47 Å². The van der Waals surface area contributed by atoms with E-state index in [0.717, 1.165) is 16.9 Å². The van der Waals surface area contributed by atoms with E-state index in [1.54, 1.807) is 19.2 Å². The van der Waals surface area contributed by atoms with Crippen LogP contribution in [0.4, 0.5) is 0 Å². The molecule has 3 nitrogen and oxygen atoms in total. The lowest BCUT2D eigenvalue weighted by Crippen LogP contribution is -2.79. The molecule has 0 bridgehead atoms. The first-order valence-electron chi connectivity index (χ1n) is 9.14. The summed E-state index contributed by atoms with van der Waals surface area (Å²) in [6.07, 6.45) is 0.337. The smallest absolute Gasteiger partial charge is 0.308 e. The number of carbonyl (C=O) groups is 1. The number of benzene rings is 2. The van der Waals surface area contributed by atoms with Gasteiger partial charge in [0.05, 0.1) is 22.0 Å². The first-order valence-corrected chi connectivity index (χ1v) is 11.0. The van der Waals surface area contributed by atoms with Gasteiger partial charge in [0.15, 0.2) is 0 Å². The van der Waals surface area contributed by atoms with Gasteiger partial charge in [-0.15, -0.1) is 34.8 Å². The Kier molecular flexibility index (Phi) is 5.52. The molecule has 8 heteroatoms. The molecule has 158 valence electrons. The summed E-state index contributed by atoms with van der Waals surface area (Å²) in [5.74, 6) is 0.403. The highest BCUT2D eigenvalue weighted by Gasteiger charge is 2.83. The van der Waals surface area contributed by atoms with Gasteiger partial charge < -0.3 is 9.47 Å². The zero-order valence-corrected chi connectivity index (χ0v) is 19.8. The minimum Gasteiger partial charge on any atom is -0.497 e. The van der Waals surface area contributed by atoms with Crippen molar-refractivity contribution in [2.24, 2.45) is 0 Å². The lowest BCUT2D eigenvalue weighted by atomic mass is 9.50. The van der Waals surface area contributed by atoms with Gasteiger partial charge in [0.2, 0.25) is 0 Å². The summed E-state index contributed by atoms with van der Waals surface area (Å²) in [6.45, 7) is 1.35. The largest absolute Gasteiger partial charge is 0.497 e. The topological polar surface area (TPSA) is 35.5 Å². The zero-order valence-electron chi connectivity index (χ0n) is 16.0. The molecule has 0 amide bonds. The number of halogens is 5. The molecule has 2 aromatic rings. The van der Waals surface area contributed by atoms with Crippen molar-refractivity contribution in [3.63, 3.8) is 0 Å². The van der Waals surface area contributed by atoms with E-state index in [4.69, 9.17) is 67.5 Å². The van der Waals surface area contributed by atoms with Crippen molar-refractivity contribution in [2.75, 3.05) is 7.11 Å². The maximum Gasteiger partial charge on any atom is 0.308 e. The second-order valence-electron chi connectivity index (χ2n) is 7.50. The Balaban J connectivity index is 1.80. The van der Waals surface area contributed by atoms with Crippen molar-refractivity contribution in [3.05, 3.63) is 69.7 Å².